The Balaban J connectivity index is 1.52. The molecule has 0 unspecified atom stereocenters. The predicted molar refractivity (Wildman–Crippen MR) is 167 cm³/mol. The van der Waals surface area contributed by atoms with Gasteiger partial charge in [-0.2, -0.15) is 5.26 Å². The third-order valence-corrected chi connectivity index (χ3v) is 8.07. The van der Waals surface area contributed by atoms with Crippen LogP contribution in [0.5, 0.6) is 0 Å². The molecule has 0 bridgehead atoms. The van der Waals surface area contributed by atoms with E-state index in [1.165, 1.54) is 0 Å². The molecule has 2 aromatic carbocycles. The number of nitrogens with zero attached hydrogens (tertiary/aromatic N) is 6. The van der Waals surface area contributed by atoms with E-state index in [4.69, 9.17) is 23.2 Å². The molecule has 10 heteroatoms. The summed E-state index contributed by atoms with van der Waals surface area (Å²) >= 11 is 12.9. The summed E-state index contributed by atoms with van der Waals surface area (Å²) in [4.78, 5) is 7.19. The van der Waals surface area contributed by atoms with Crippen molar-refractivity contribution in [3.8, 4) is 6.07 Å². The first-order chi connectivity index (χ1) is 19.5. The lowest BCUT2D eigenvalue weighted by atomic mass is 9.98. The molecule has 0 aliphatic carbocycles. The zero-order valence-electron chi connectivity index (χ0n) is 24.1. The molecule has 1 atom stereocenters. The lowest BCUT2D eigenvalue weighted by molar-refractivity contribution is 0.0866. The smallest absolute Gasteiger partial charge is 0.109 e. The summed E-state index contributed by atoms with van der Waals surface area (Å²) in [5, 5.41) is 28.0. The second-order valence-electron chi connectivity index (χ2n) is 11.9. The maximum absolute atomic E-state index is 9.75. The predicted octanol–water partition coefficient (Wildman–Crippen LogP) is 7.46. The Morgan fingerprint density at radius 2 is 1.73 bits per heavy atom. The molecular formula is C31H36Cl2N8. The number of likely N-dealkylation sites (tertiary alicyclic amines) is 1. The van der Waals surface area contributed by atoms with Crippen LogP contribution in [0.25, 0.3) is 10.9 Å². The molecule has 5 rings (SSSR count). The van der Waals surface area contributed by atoms with E-state index in [1.54, 1.807) is 6.20 Å². The zero-order chi connectivity index (χ0) is 29.3. The summed E-state index contributed by atoms with van der Waals surface area (Å²) in [7, 11) is 0. The highest BCUT2D eigenvalue weighted by Gasteiger charge is 2.29. The highest BCUT2D eigenvalue weighted by Crippen LogP contribution is 2.37. The average molecular weight is 592 g/mol. The number of nitriles is 1. The number of rotatable bonds is 7. The third kappa shape index (κ3) is 6.43. The second-order valence-corrected chi connectivity index (χ2v) is 12.8. The van der Waals surface area contributed by atoms with Gasteiger partial charge in [0.1, 0.15) is 11.8 Å². The molecule has 0 spiro atoms. The number of halogens is 2. The normalized spacial score (nSPS) is 15.7. The second kappa shape index (κ2) is 11.8. The van der Waals surface area contributed by atoms with E-state index in [2.05, 4.69) is 57.7 Å². The first-order valence-electron chi connectivity index (χ1n) is 14.0. The van der Waals surface area contributed by atoms with E-state index < -0.39 is 0 Å². The molecule has 8 nitrogen and oxygen atoms in total. The lowest BCUT2D eigenvalue weighted by Crippen LogP contribution is -2.46. The van der Waals surface area contributed by atoms with Crippen molar-refractivity contribution in [2.75, 3.05) is 23.7 Å². The quantitative estimate of drug-likeness (QED) is 0.230. The van der Waals surface area contributed by atoms with Gasteiger partial charge in [0.25, 0.3) is 0 Å². The van der Waals surface area contributed by atoms with Crippen LogP contribution in [0.15, 0.2) is 48.8 Å². The molecule has 3 heterocycles. The largest absolute Gasteiger partial charge is 0.381 e. The van der Waals surface area contributed by atoms with Crippen molar-refractivity contribution in [1.29, 1.82) is 5.26 Å². The number of hydrogen-bond donors (Lipinski definition) is 2. The van der Waals surface area contributed by atoms with Crippen LogP contribution < -0.4 is 10.6 Å². The number of pyridine rings is 1. The molecule has 0 saturated carbocycles. The monoisotopic (exact) mass is 590 g/mol. The summed E-state index contributed by atoms with van der Waals surface area (Å²) < 4.78 is 2.01. The summed E-state index contributed by atoms with van der Waals surface area (Å²) in [5.41, 5.74) is 4.55. The Labute approximate surface area is 251 Å². The Bertz CT molecular complexity index is 1560. The van der Waals surface area contributed by atoms with Crippen LogP contribution >= 0.6 is 23.2 Å². The van der Waals surface area contributed by atoms with Crippen LogP contribution in [0.3, 0.4) is 0 Å². The first kappa shape index (κ1) is 29.1. The van der Waals surface area contributed by atoms with E-state index in [0.717, 1.165) is 48.3 Å². The minimum atomic E-state index is -0.337. The molecule has 41 heavy (non-hydrogen) atoms. The van der Waals surface area contributed by atoms with Crippen molar-refractivity contribution in [3.63, 3.8) is 0 Å². The van der Waals surface area contributed by atoms with Crippen molar-refractivity contribution in [2.45, 2.75) is 71.1 Å². The van der Waals surface area contributed by atoms with Gasteiger partial charge in [-0.25, -0.2) is 4.68 Å². The van der Waals surface area contributed by atoms with E-state index >= 15 is 0 Å². The number of fused-ring (bicyclic) bond motifs is 1. The van der Waals surface area contributed by atoms with Crippen molar-refractivity contribution in [2.24, 2.45) is 0 Å². The third-order valence-electron chi connectivity index (χ3n) is 7.60. The van der Waals surface area contributed by atoms with Gasteiger partial charge >= 0.3 is 0 Å². The molecule has 0 radical (unpaired) electrons. The van der Waals surface area contributed by atoms with Crippen LogP contribution in [0.2, 0.25) is 10.0 Å². The van der Waals surface area contributed by atoms with Gasteiger partial charge in [-0.15, -0.1) is 5.10 Å². The van der Waals surface area contributed by atoms with Crippen LogP contribution in [0.4, 0.5) is 11.4 Å². The molecule has 1 aliphatic heterocycles. The number of nitrogens with one attached hydrogen (secondary N) is 2. The average Bonchev–Trinajstić information content (AvgIpc) is 3.42. The van der Waals surface area contributed by atoms with E-state index in [-0.39, 0.29) is 17.6 Å². The molecule has 1 aliphatic rings. The van der Waals surface area contributed by atoms with Gasteiger partial charge in [0, 0.05) is 46.3 Å². The summed E-state index contributed by atoms with van der Waals surface area (Å²) in [5.74, 6) is 0. The van der Waals surface area contributed by atoms with Gasteiger partial charge in [-0.3, -0.25) is 9.88 Å². The number of anilines is 2. The summed E-state index contributed by atoms with van der Waals surface area (Å²) in [6, 6.07) is 13.7. The van der Waals surface area contributed by atoms with Crippen LogP contribution in [0, 0.1) is 11.3 Å². The van der Waals surface area contributed by atoms with Crippen LogP contribution in [-0.2, 0) is 0 Å². The highest BCUT2D eigenvalue weighted by atomic mass is 35.5. The molecule has 1 saturated heterocycles. The van der Waals surface area contributed by atoms with Gasteiger partial charge in [0.15, 0.2) is 0 Å². The molecule has 2 aromatic heterocycles. The van der Waals surface area contributed by atoms with E-state index in [1.807, 2.05) is 61.1 Å². The van der Waals surface area contributed by atoms with Crippen LogP contribution in [0.1, 0.15) is 76.4 Å². The Morgan fingerprint density at radius 3 is 2.37 bits per heavy atom. The fourth-order valence-electron chi connectivity index (χ4n) is 5.45. The lowest BCUT2D eigenvalue weighted by Gasteiger charge is -2.40. The van der Waals surface area contributed by atoms with E-state index in [0.29, 0.717) is 32.9 Å². The van der Waals surface area contributed by atoms with Crippen molar-refractivity contribution in [1.82, 2.24) is 24.9 Å². The van der Waals surface area contributed by atoms with E-state index in [9.17, 15) is 5.26 Å². The van der Waals surface area contributed by atoms with Gasteiger partial charge in [-0.05, 0) is 77.3 Å². The highest BCUT2D eigenvalue weighted by molar-refractivity contribution is 6.32. The topological polar surface area (TPSA) is 94.7 Å². The Kier molecular flexibility index (Phi) is 8.42. The fourth-order valence-corrected chi connectivity index (χ4v) is 5.79. The van der Waals surface area contributed by atoms with Crippen molar-refractivity contribution in [3.05, 3.63) is 75.7 Å². The Morgan fingerprint density at radius 1 is 1.02 bits per heavy atom. The van der Waals surface area contributed by atoms with Gasteiger partial charge in [-0.1, -0.05) is 40.5 Å². The number of piperidine rings is 1. The maximum atomic E-state index is 9.75. The van der Waals surface area contributed by atoms with Crippen LogP contribution in [-0.4, -0.2) is 49.5 Å². The SMILES string of the molecule is CC(C)Nc1c(C#N)cnc2c(N[C@@H](c3ccc(Cl)cc3)c3cn(C4CCN(C(C)(C)C)CC4)nn3)cc(Cl)cc12. The molecule has 214 valence electrons. The summed E-state index contributed by atoms with van der Waals surface area (Å²) in [6.07, 6.45) is 5.69. The standard InChI is InChI=1S/C31H36Cl2N8/c1-19(2)36-28-21(16-34)17-35-30-25(28)14-23(33)15-26(30)37-29(20-6-8-22(32)9-7-20)27-18-41(39-38-27)24-10-12-40(13-11-24)31(3,4)5/h6-9,14-15,17-19,24,29,37H,10-13H2,1-5H3,(H,35,36)/t29-/m0/s1. The molecule has 4 aromatic rings. The fraction of sp³-hybridized carbons (Fsp3) is 0.419. The molecule has 0 amide bonds. The van der Waals surface area contributed by atoms with Crippen molar-refractivity contribution >= 4 is 45.5 Å². The number of hydrogen-bond acceptors (Lipinski definition) is 7. The van der Waals surface area contributed by atoms with Crippen molar-refractivity contribution < 1.29 is 0 Å². The minimum absolute atomic E-state index is 0.121. The zero-order valence-corrected chi connectivity index (χ0v) is 25.6. The minimum Gasteiger partial charge on any atom is -0.381 e. The number of benzene rings is 2. The first-order valence-corrected chi connectivity index (χ1v) is 14.8. The molecule has 1 fully saturated rings. The molecule has 2 N–H and O–H groups in total. The maximum Gasteiger partial charge on any atom is 0.109 e. The summed E-state index contributed by atoms with van der Waals surface area (Å²) in [6.45, 7) is 12.9. The van der Waals surface area contributed by atoms with Gasteiger partial charge in [0.05, 0.1) is 40.7 Å². The van der Waals surface area contributed by atoms with Gasteiger partial charge < -0.3 is 10.6 Å². The van der Waals surface area contributed by atoms with Gasteiger partial charge in [0.2, 0.25) is 0 Å². The molecular weight excluding hydrogens is 555 g/mol. The number of aromatic nitrogens is 4. The Hall–Kier alpha value is -3.38.